The zero-order valence-corrected chi connectivity index (χ0v) is 12.4. The first kappa shape index (κ1) is 14.6. The van der Waals surface area contributed by atoms with Crippen molar-refractivity contribution >= 4 is 17.4 Å². The summed E-state index contributed by atoms with van der Waals surface area (Å²) < 4.78 is 5.77. The molecular weight excluding hydrogens is 260 g/mol. The molecule has 1 fully saturated rings. The summed E-state index contributed by atoms with van der Waals surface area (Å²) in [5.74, 6) is 1.62. The van der Waals surface area contributed by atoms with Gasteiger partial charge in [-0.2, -0.15) is 0 Å². The third-order valence-electron chi connectivity index (χ3n) is 3.54. The van der Waals surface area contributed by atoms with Crippen LogP contribution in [0.3, 0.4) is 0 Å². The van der Waals surface area contributed by atoms with Gasteiger partial charge in [-0.15, -0.1) is 0 Å². The molecule has 106 valence electrons. The van der Waals surface area contributed by atoms with Crippen LogP contribution in [0.5, 0.6) is 0 Å². The molecule has 0 amide bonds. The molecule has 0 spiro atoms. The lowest BCUT2D eigenvalue weighted by molar-refractivity contribution is 0.0868. The van der Waals surface area contributed by atoms with Gasteiger partial charge in [-0.05, 0) is 37.3 Å². The molecule has 19 heavy (non-hydrogen) atoms. The van der Waals surface area contributed by atoms with Crippen molar-refractivity contribution in [3.05, 3.63) is 22.8 Å². The van der Waals surface area contributed by atoms with E-state index in [-0.39, 0.29) is 0 Å². The quantitative estimate of drug-likeness (QED) is 0.811. The molecule has 1 aromatic heterocycles. The first-order chi connectivity index (χ1) is 9.29. The molecule has 0 radical (unpaired) electrons. The fourth-order valence-electron chi connectivity index (χ4n) is 2.44. The number of halogens is 1. The van der Waals surface area contributed by atoms with E-state index in [1.165, 1.54) is 25.7 Å². The Hall–Kier alpha value is -0.800. The van der Waals surface area contributed by atoms with Crippen LogP contribution in [0.25, 0.3) is 0 Å². The molecule has 0 bridgehead atoms. The number of pyridine rings is 1. The molecule has 0 saturated heterocycles. The van der Waals surface area contributed by atoms with Crippen LogP contribution in [-0.4, -0.2) is 18.1 Å². The highest BCUT2D eigenvalue weighted by atomic mass is 35.5. The maximum Gasteiger partial charge on any atom is 0.126 e. The Morgan fingerprint density at radius 3 is 2.89 bits per heavy atom. The van der Waals surface area contributed by atoms with Crippen molar-refractivity contribution in [2.24, 2.45) is 5.92 Å². The second-order valence-electron chi connectivity index (χ2n) is 5.22. The number of hydrogen-bond donors (Lipinski definition) is 1. The van der Waals surface area contributed by atoms with E-state index in [1.807, 2.05) is 12.1 Å². The van der Waals surface area contributed by atoms with Crippen molar-refractivity contribution in [1.29, 1.82) is 0 Å². The summed E-state index contributed by atoms with van der Waals surface area (Å²) in [5.41, 5.74) is 0.834. The molecule has 3 nitrogen and oxygen atoms in total. The third kappa shape index (κ3) is 4.66. The number of anilines is 1. The van der Waals surface area contributed by atoms with Gasteiger partial charge in [0.2, 0.25) is 0 Å². The highest BCUT2D eigenvalue weighted by molar-refractivity contribution is 6.31. The zero-order valence-electron chi connectivity index (χ0n) is 11.6. The van der Waals surface area contributed by atoms with E-state index >= 15 is 0 Å². The van der Waals surface area contributed by atoms with Crippen LogP contribution in [0.15, 0.2) is 12.1 Å². The molecule has 1 aromatic rings. The summed E-state index contributed by atoms with van der Waals surface area (Å²) in [6.07, 6.45) is 6.39. The van der Waals surface area contributed by atoms with Crippen LogP contribution < -0.4 is 5.32 Å². The van der Waals surface area contributed by atoms with Crippen molar-refractivity contribution in [2.45, 2.75) is 45.6 Å². The summed E-state index contributed by atoms with van der Waals surface area (Å²) in [7, 11) is 0. The minimum Gasteiger partial charge on any atom is -0.375 e. The van der Waals surface area contributed by atoms with Gasteiger partial charge in [-0.1, -0.05) is 31.4 Å². The van der Waals surface area contributed by atoms with Crippen molar-refractivity contribution in [1.82, 2.24) is 4.98 Å². The molecule has 0 aliphatic heterocycles. The third-order valence-corrected chi connectivity index (χ3v) is 3.89. The molecule has 0 unspecified atom stereocenters. The molecule has 4 heteroatoms. The number of hydrogen-bond acceptors (Lipinski definition) is 3. The lowest BCUT2D eigenvalue weighted by Gasteiger charge is -2.11. The molecule has 1 aliphatic rings. The molecule has 1 N–H and O–H groups in total. The Labute approximate surface area is 120 Å². The van der Waals surface area contributed by atoms with E-state index in [0.717, 1.165) is 37.0 Å². The Bertz CT molecular complexity index is 392. The van der Waals surface area contributed by atoms with Crippen LogP contribution in [0.1, 0.15) is 44.7 Å². The van der Waals surface area contributed by atoms with Crippen LogP contribution in [-0.2, 0) is 11.3 Å². The van der Waals surface area contributed by atoms with Gasteiger partial charge < -0.3 is 10.1 Å². The Kier molecular flexibility index (Phi) is 5.93. The van der Waals surface area contributed by atoms with Crippen molar-refractivity contribution in [3.63, 3.8) is 0 Å². The molecule has 1 saturated carbocycles. The minimum atomic E-state index is 0.511. The lowest BCUT2D eigenvalue weighted by atomic mass is 10.1. The number of aromatic nitrogens is 1. The first-order valence-corrected chi connectivity index (χ1v) is 7.64. The predicted molar refractivity (Wildman–Crippen MR) is 79.6 cm³/mol. The highest BCUT2D eigenvalue weighted by Gasteiger charge is 2.15. The second kappa shape index (κ2) is 7.71. The average molecular weight is 283 g/mol. The SMILES string of the molecule is CCCNc1ccc(Cl)c(COCC2CCCC2)n1. The van der Waals surface area contributed by atoms with E-state index in [0.29, 0.717) is 11.6 Å². The number of nitrogens with one attached hydrogen (secondary N) is 1. The number of rotatable bonds is 7. The number of ether oxygens (including phenoxy) is 1. The topological polar surface area (TPSA) is 34.1 Å². The summed E-state index contributed by atoms with van der Waals surface area (Å²) in [6, 6.07) is 3.80. The molecule has 1 heterocycles. The van der Waals surface area contributed by atoms with Gasteiger partial charge in [0.15, 0.2) is 0 Å². The minimum absolute atomic E-state index is 0.511. The van der Waals surface area contributed by atoms with Gasteiger partial charge in [0.05, 0.1) is 17.3 Å². The van der Waals surface area contributed by atoms with Gasteiger partial charge in [0.1, 0.15) is 5.82 Å². The van der Waals surface area contributed by atoms with E-state index < -0.39 is 0 Å². The van der Waals surface area contributed by atoms with E-state index in [9.17, 15) is 0 Å². The van der Waals surface area contributed by atoms with Crippen molar-refractivity contribution in [2.75, 3.05) is 18.5 Å². The largest absolute Gasteiger partial charge is 0.375 e. The van der Waals surface area contributed by atoms with Gasteiger partial charge >= 0.3 is 0 Å². The molecule has 2 rings (SSSR count). The van der Waals surface area contributed by atoms with Gasteiger partial charge in [0, 0.05) is 13.2 Å². The average Bonchev–Trinajstić information content (AvgIpc) is 2.92. The molecular formula is C15H23ClN2O. The van der Waals surface area contributed by atoms with E-state index in [2.05, 4.69) is 17.2 Å². The van der Waals surface area contributed by atoms with Gasteiger partial charge in [-0.25, -0.2) is 4.98 Å². The Balaban J connectivity index is 1.83. The fourth-order valence-corrected chi connectivity index (χ4v) is 2.60. The van der Waals surface area contributed by atoms with Crippen LogP contribution in [0, 0.1) is 5.92 Å². The summed E-state index contributed by atoms with van der Waals surface area (Å²) >= 11 is 6.16. The standard InChI is InChI=1S/C15H23ClN2O/c1-2-9-17-15-8-7-13(16)14(18-15)11-19-10-12-5-3-4-6-12/h7-8,12H,2-6,9-11H2,1H3,(H,17,18). The molecule has 0 atom stereocenters. The monoisotopic (exact) mass is 282 g/mol. The molecule has 0 aromatic carbocycles. The molecule has 1 aliphatic carbocycles. The normalized spacial score (nSPS) is 15.9. The summed E-state index contributed by atoms with van der Waals surface area (Å²) in [6.45, 7) is 4.41. The second-order valence-corrected chi connectivity index (χ2v) is 5.62. The van der Waals surface area contributed by atoms with Gasteiger partial charge in [0.25, 0.3) is 0 Å². The fraction of sp³-hybridized carbons (Fsp3) is 0.667. The van der Waals surface area contributed by atoms with Crippen LogP contribution >= 0.6 is 11.6 Å². The maximum absolute atomic E-state index is 6.16. The maximum atomic E-state index is 6.16. The number of nitrogens with zero attached hydrogens (tertiary/aromatic N) is 1. The van der Waals surface area contributed by atoms with E-state index in [4.69, 9.17) is 16.3 Å². The highest BCUT2D eigenvalue weighted by Crippen LogP contribution is 2.25. The smallest absolute Gasteiger partial charge is 0.126 e. The Morgan fingerprint density at radius 2 is 2.16 bits per heavy atom. The van der Waals surface area contributed by atoms with Crippen molar-refractivity contribution in [3.8, 4) is 0 Å². The first-order valence-electron chi connectivity index (χ1n) is 7.26. The predicted octanol–water partition coefficient (Wildman–Crippen LogP) is 4.26. The van der Waals surface area contributed by atoms with Crippen molar-refractivity contribution < 1.29 is 4.74 Å². The Morgan fingerprint density at radius 1 is 1.37 bits per heavy atom. The van der Waals surface area contributed by atoms with Crippen LogP contribution in [0.4, 0.5) is 5.82 Å². The van der Waals surface area contributed by atoms with Gasteiger partial charge in [-0.3, -0.25) is 0 Å². The summed E-state index contributed by atoms with van der Waals surface area (Å²) in [4.78, 5) is 4.51. The lowest BCUT2D eigenvalue weighted by Crippen LogP contribution is -2.08. The summed E-state index contributed by atoms with van der Waals surface area (Å²) in [5, 5.41) is 3.96. The zero-order chi connectivity index (χ0) is 13.5. The van der Waals surface area contributed by atoms with Crippen LogP contribution in [0.2, 0.25) is 5.02 Å². The van der Waals surface area contributed by atoms with E-state index in [1.54, 1.807) is 0 Å².